The Bertz CT molecular complexity index is 752. The van der Waals surface area contributed by atoms with Crippen LogP contribution in [0.5, 0.6) is 11.5 Å². The number of rotatable bonds is 6. The van der Waals surface area contributed by atoms with Crippen LogP contribution in [0, 0.1) is 10.1 Å². The second-order valence-electron chi connectivity index (χ2n) is 4.80. The minimum absolute atomic E-state index is 0.00249. The molecule has 0 saturated carbocycles. The number of thiocarbonyl (C=S) groups is 1. The molecule has 0 amide bonds. The van der Waals surface area contributed by atoms with Crippen LogP contribution in [0.3, 0.4) is 0 Å². The molecule has 0 fully saturated rings. The van der Waals surface area contributed by atoms with E-state index >= 15 is 0 Å². The van der Waals surface area contributed by atoms with E-state index in [2.05, 4.69) is 10.6 Å². The van der Waals surface area contributed by atoms with E-state index in [0.29, 0.717) is 28.8 Å². The molecule has 126 valence electrons. The molecular weight excluding hydrogens is 330 g/mol. The second-order valence-corrected chi connectivity index (χ2v) is 5.21. The molecule has 0 radical (unpaired) electrons. The van der Waals surface area contributed by atoms with Gasteiger partial charge in [-0.3, -0.25) is 10.1 Å². The summed E-state index contributed by atoms with van der Waals surface area (Å²) in [6.07, 6.45) is 0. The molecule has 0 aliphatic heterocycles. The smallest absolute Gasteiger partial charge is 0.271 e. The Kier molecular flexibility index (Phi) is 5.91. The predicted molar refractivity (Wildman–Crippen MR) is 95.7 cm³/mol. The van der Waals surface area contributed by atoms with E-state index in [1.807, 2.05) is 18.2 Å². The number of benzene rings is 2. The van der Waals surface area contributed by atoms with Crippen LogP contribution in [-0.4, -0.2) is 24.3 Å². The summed E-state index contributed by atoms with van der Waals surface area (Å²) in [5, 5.41) is 17.1. The summed E-state index contributed by atoms with van der Waals surface area (Å²) in [7, 11) is 3.15. The van der Waals surface area contributed by atoms with Crippen molar-refractivity contribution < 1.29 is 14.4 Å². The van der Waals surface area contributed by atoms with Gasteiger partial charge in [0, 0.05) is 24.4 Å². The van der Waals surface area contributed by atoms with Crippen molar-refractivity contribution in [1.82, 2.24) is 5.32 Å². The van der Waals surface area contributed by atoms with E-state index in [-0.39, 0.29) is 5.69 Å². The zero-order valence-corrected chi connectivity index (χ0v) is 14.1. The predicted octanol–water partition coefficient (Wildman–Crippen LogP) is 3.10. The number of nitro groups is 1. The Labute approximate surface area is 144 Å². The number of anilines is 1. The normalized spacial score (nSPS) is 9.92. The minimum Gasteiger partial charge on any atom is -0.493 e. The highest BCUT2D eigenvalue weighted by Gasteiger charge is 2.07. The van der Waals surface area contributed by atoms with E-state index in [1.54, 1.807) is 26.4 Å². The van der Waals surface area contributed by atoms with Gasteiger partial charge in [0.25, 0.3) is 5.69 Å². The number of non-ortho nitro benzene ring substituents is 1. The van der Waals surface area contributed by atoms with Gasteiger partial charge in [0.1, 0.15) is 0 Å². The minimum atomic E-state index is -0.453. The van der Waals surface area contributed by atoms with Crippen LogP contribution < -0.4 is 20.1 Å². The lowest BCUT2D eigenvalue weighted by Gasteiger charge is -2.12. The molecule has 7 nitrogen and oxygen atoms in total. The molecular formula is C16H17N3O4S. The molecule has 8 heteroatoms. The Hall–Kier alpha value is -2.87. The zero-order valence-electron chi connectivity index (χ0n) is 13.2. The first kappa shape index (κ1) is 17.5. The van der Waals surface area contributed by atoms with Crippen LogP contribution in [0.15, 0.2) is 42.5 Å². The quantitative estimate of drug-likeness (QED) is 0.472. The molecule has 0 bridgehead atoms. The molecule has 0 aromatic heterocycles. The lowest BCUT2D eigenvalue weighted by molar-refractivity contribution is -0.384. The fourth-order valence-corrected chi connectivity index (χ4v) is 2.24. The highest BCUT2D eigenvalue weighted by Crippen LogP contribution is 2.27. The third-order valence-corrected chi connectivity index (χ3v) is 3.46. The van der Waals surface area contributed by atoms with E-state index in [1.165, 1.54) is 12.1 Å². The Morgan fingerprint density at radius 1 is 1.17 bits per heavy atom. The number of hydrogen-bond acceptors (Lipinski definition) is 5. The van der Waals surface area contributed by atoms with Crippen molar-refractivity contribution in [2.24, 2.45) is 0 Å². The van der Waals surface area contributed by atoms with Crippen molar-refractivity contribution in [3.8, 4) is 11.5 Å². The van der Waals surface area contributed by atoms with E-state index in [9.17, 15) is 10.1 Å². The SMILES string of the molecule is COc1ccc(CNC(=S)Nc2cccc([N+](=O)[O-])c2)cc1OC. The zero-order chi connectivity index (χ0) is 17.5. The number of nitro benzene ring substituents is 1. The first-order valence-corrected chi connectivity index (χ1v) is 7.44. The van der Waals surface area contributed by atoms with Gasteiger partial charge in [-0.2, -0.15) is 0 Å². The molecule has 2 rings (SSSR count). The van der Waals surface area contributed by atoms with Crippen molar-refractivity contribution in [2.45, 2.75) is 6.54 Å². The van der Waals surface area contributed by atoms with Crippen LogP contribution in [0.4, 0.5) is 11.4 Å². The topological polar surface area (TPSA) is 85.7 Å². The van der Waals surface area contributed by atoms with Crippen molar-refractivity contribution >= 4 is 28.7 Å². The van der Waals surface area contributed by atoms with Crippen molar-refractivity contribution in [3.63, 3.8) is 0 Å². The summed E-state index contributed by atoms with van der Waals surface area (Å²) in [6, 6.07) is 11.7. The van der Waals surface area contributed by atoms with Gasteiger partial charge in [-0.1, -0.05) is 12.1 Å². The van der Waals surface area contributed by atoms with Gasteiger partial charge >= 0.3 is 0 Å². The van der Waals surface area contributed by atoms with E-state index < -0.39 is 4.92 Å². The average molecular weight is 347 g/mol. The molecule has 0 aliphatic carbocycles. The Morgan fingerprint density at radius 3 is 2.58 bits per heavy atom. The fraction of sp³-hybridized carbons (Fsp3) is 0.188. The average Bonchev–Trinajstić information content (AvgIpc) is 2.59. The first-order chi connectivity index (χ1) is 11.5. The highest BCUT2D eigenvalue weighted by atomic mass is 32.1. The third kappa shape index (κ3) is 4.56. The Balaban J connectivity index is 1.96. The largest absolute Gasteiger partial charge is 0.493 e. The lowest BCUT2D eigenvalue weighted by atomic mass is 10.2. The number of hydrogen-bond donors (Lipinski definition) is 2. The Morgan fingerprint density at radius 2 is 1.92 bits per heavy atom. The van der Waals surface area contributed by atoms with Gasteiger partial charge in [0.2, 0.25) is 0 Å². The van der Waals surface area contributed by atoms with E-state index in [4.69, 9.17) is 21.7 Å². The highest BCUT2D eigenvalue weighted by molar-refractivity contribution is 7.80. The third-order valence-electron chi connectivity index (χ3n) is 3.22. The summed E-state index contributed by atoms with van der Waals surface area (Å²) in [4.78, 5) is 10.3. The van der Waals surface area contributed by atoms with Crippen LogP contribution in [0.2, 0.25) is 0 Å². The van der Waals surface area contributed by atoms with Gasteiger partial charge in [-0.25, -0.2) is 0 Å². The molecule has 0 atom stereocenters. The summed E-state index contributed by atoms with van der Waals surface area (Å²) in [5.74, 6) is 1.29. The van der Waals surface area contributed by atoms with Crippen LogP contribution in [0.25, 0.3) is 0 Å². The summed E-state index contributed by atoms with van der Waals surface area (Å²) in [6.45, 7) is 0.473. The maximum atomic E-state index is 10.8. The summed E-state index contributed by atoms with van der Waals surface area (Å²) in [5.41, 5.74) is 1.51. The van der Waals surface area contributed by atoms with Crippen LogP contribution in [-0.2, 0) is 6.54 Å². The fourth-order valence-electron chi connectivity index (χ4n) is 2.05. The molecule has 24 heavy (non-hydrogen) atoms. The number of nitrogens with one attached hydrogen (secondary N) is 2. The maximum Gasteiger partial charge on any atom is 0.271 e. The number of nitrogens with zero attached hydrogens (tertiary/aromatic N) is 1. The lowest BCUT2D eigenvalue weighted by Crippen LogP contribution is -2.27. The summed E-state index contributed by atoms with van der Waals surface area (Å²) < 4.78 is 10.4. The van der Waals surface area contributed by atoms with Crippen molar-refractivity contribution in [2.75, 3.05) is 19.5 Å². The summed E-state index contributed by atoms with van der Waals surface area (Å²) >= 11 is 5.21. The monoisotopic (exact) mass is 347 g/mol. The molecule has 0 saturated heterocycles. The van der Waals surface area contributed by atoms with Crippen LogP contribution >= 0.6 is 12.2 Å². The van der Waals surface area contributed by atoms with Crippen molar-refractivity contribution in [1.29, 1.82) is 0 Å². The van der Waals surface area contributed by atoms with Gasteiger partial charge in [-0.05, 0) is 36.0 Å². The van der Waals surface area contributed by atoms with Gasteiger partial charge in [0.15, 0.2) is 16.6 Å². The molecule has 2 aromatic rings. The standard InChI is InChI=1S/C16H17N3O4S/c1-22-14-7-6-11(8-15(14)23-2)10-17-16(24)18-12-4-3-5-13(9-12)19(20)21/h3-9H,10H2,1-2H3,(H2,17,18,24). The molecule has 0 unspecified atom stereocenters. The van der Waals surface area contributed by atoms with E-state index in [0.717, 1.165) is 5.56 Å². The van der Waals surface area contributed by atoms with Gasteiger partial charge in [0.05, 0.1) is 19.1 Å². The van der Waals surface area contributed by atoms with Crippen molar-refractivity contribution in [3.05, 3.63) is 58.1 Å². The van der Waals surface area contributed by atoms with Gasteiger partial charge < -0.3 is 20.1 Å². The second kappa shape index (κ2) is 8.11. The first-order valence-electron chi connectivity index (χ1n) is 7.03. The molecule has 0 spiro atoms. The molecule has 0 heterocycles. The number of ether oxygens (including phenoxy) is 2. The number of methoxy groups -OCH3 is 2. The maximum absolute atomic E-state index is 10.8. The molecule has 0 aliphatic rings. The van der Waals surface area contributed by atoms with Crippen LogP contribution in [0.1, 0.15) is 5.56 Å². The van der Waals surface area contributed by atoms with Gasteiger partial charge in [-0.15, -0.1) is 0 Å². The molecule has 2 N–H and O–H groups in total. The molecule has 2 aromatic carbocycles.